The zero-order valence-electron chi connectivity index (χ0n) is 15.9. The molecule has 0 spiro atoms. The van der Waals surface area contributed by atoms with Gasteiger partial charge in [0.15, 0.2) is 0 Å². The van der Waals surface area contributed by atoms with Gasteiger partial charge in [-0.3, -0.25) is 10.0 Å². The molecule has 1 heterocycles. The Morgan fingerprint density at radius 1 is 1.22 bits per heavy atom. The molecule has 1 fully saturated rings. The Morgan fingerprint density at radius 3 is 2.48 bits per heavy atom. The standard InChI is InChI=1S/C20H30N2O5/c1-2-27-20(25)22-13-11-16(12-14-22)15-7-9-17(10-8-15)18(23)5-3-4-6-19(24)21-26/h7-10,16,18,23,26H,2-6,11-14H2,1H3,(H,21,24). The molecule has 2 rings (SSSR count). The molecule has 2 amide bonds. The Kier molecular flexibility index (Phi) is 8.54. The molecule has 1 saturated heterocycles. The number of carbonyl (C=O) groups is 2. The minimum absolute atomic E-state index is 0.231. The molecule has 0 saturated carbocycles. The van der Waals surface area contributed by atoms with E-state index in [0.717, 1.165) is 18.4 Å². The first-order valence-electron chi connectivity index (χ1n) is 9.67. The van der Waals surface area contributed by atoms with Crippen LogP contribution in [0.25, 0.3) is 0 Å². The quantitative estimate of drug-likeness (QED) is 0.367. The number of aliphatic hydroxyl groups excluding tert-OH is 1. The minimum Gasteiger partial charge on any atom is -0.450 e. The summed E-state index contributed by atoms with van der Waals surface area (Å²) in [5.74, 6) is 0.0155. The number of amides is 2. The number of carbonyl (C=O) groups excluding carboxylic acids is 2. The van der Waals surface area contributed by atoms with Crippen LogP contribution in [0.3, 0.4) is 0 Å². The molecular formula is C20H30N2O5. The number of benzene rings is 1. The molecule has 7 heteroatoms. The van der Waals surface area contributed by atoms with Gasteiger partial charge in [-0.2, -0.15) is 0 Å². The Hall–Kier alpha value is -2.12. The van der Waals surface area contributed by atoms with Gasteiger partial charge in [0.1, 0.15) is 0 Å². The van der Waals surface area contributed by atoms with Crippen LogP contribution in [0.5, 0.6) is 0 Å². The molecule has 7 nitrogen and oxygen atoms in total. The number of likely N-dealkylation sites (tertiary alicyclic amines) is 1. The predicted octanol–water partition coefficient (Wildman–Crippen LogP) is 3.12. The van der Waals surface area contributed by atoms with Gasteiger partial charge < -0.3 is 14.7 Å². The van der Waals surface area contributed by atoms with Crippen LogP contribution in [0.2, 0.25) is 0 Å². The third kappa shape index (κ3) is 6.52. The van der Waals surface area contributed by atoms with Gasteiger partial charge in [-0.1, -0.05) is 30.7 Å². The zero-order chi connectivity index (χ0) is 19.6. The highest BCUT2D eigenvalue weighted by Crippen LogP contribution is 2.30. The Morgan fingerprint density at radius 2 is 1.89 bits per heavy atom. The molecule has 1 aromatic rings. The summed E-state index contributed by atoms with van der Waals surface area (Å²) in [7, 11) is 0. The smallest absolute Gasteiger partial charge is 0.409 e. The van der Waals surface area contributed by atoms with Crippen molar-refractivity contribution in [3.8, 4) is 0 Å². The van der Waals surface area contributed by atoms with E-state index in [2.05, 4.69) is 12.1 Å². The number of piperidine rings is 1. The van der Waals surface area contributed by atoms with E-state index in [1.165, 1.54) is 5.56 Å². The van der Waals surface area contributed by atoms with Crippen molar-refractivity contribution in [3.05, 3.63) is 35.4 Å². The lowest BCUT2D eigenvalue weighted by atomic mass is 9.88. The number of hydrogen-bond acceptors (Lipinski definition) is 5. The van der Waals surface area contributed by atoms with E-state index in [1.54, 1.807) is 10.4 Å². The third-order valence-electron chi connectivity index (χ3n) is 5.07. The van der Waals surface area contributed by atoms with Crippen molar-refractivity contribution in [2.24, 2.45) is 0 Å². The average Bonchev–Trinajstić information content (AvgIpc) is 2.71. The summed E-state index contributed by atoms with van der Waals surface area (Å²) < 4.78 is 5.05. The van der Waals surface area contributed by atoms with E-state index in [1.807, 2.05) is 19.1 Å². The second-order valence-electron chi connectivity index (χ2n) is 6.92. The van der Waals surface area contributed by atoms with Crippen molar-refractivity contribution in [3.63, 3.8) is 0 Å². The minimum atomic E-state index is -0.554. The van der Waals surface area contributed by atoms with Crippen LogP contribution in [0.1, 0.15) is 68.6 Å². The van der Waals surface area contributed by atoms with Crippen molar-refractivity contribution in [2.75, 3.05) is 19.7 Å². The molecule has 0 aromatic heterocycles. The maximum absolute atomic E-state index is 11.8. The molecule has 150 valence electrons. The van der Waals surface area contributed by atoms with E-state index >= 15 is 0 Å². The van der Waals surface area contributed by atoms with Crippen LogP contribution in [0.15, 0.2) is 24.3 Å². The molecule has 1 atom stereocenters. The lowest BCUT2D eigenvalue weighted by Crippen LogP contribution is -2.38. The van der Waals surface area contributed by atoms with Gasteiger partial charge in [-0.05, 0) is 49.7 Å². The Labute approximate surface area is 160 Å². The predicted molar refractivity (Wildman–Crippen MR) is 100 cm³/mol. The maximum atomic E-state index is 11.8. The van der Waals surface area contributed by atoms with Crippen LogP contribution in [-0.2, 0) is 9.53 Å². The highest BCUT2D eigenvalue weighted by atomic mass is 16.6. The zero-order valence-corrected chi connectivity index (χ0v) is 15.9. The number of nitrogens with zero attached hydrogens (tertiary/aromatic N) is 1. The number of aliphatic hydroxyl groups is 1. The highest BCUT2D eigenvalue weighted by molar-refractivity contribution is 5.74. The van der Waals surface area contributed by atoms with E-state index in [-0.39, 0.29) is 12.5 Å². The normalized spacial score (nSPS) is 16.0. The highest BCUT2D eigenvalue weighted by Gasteiger charge is 2.24. The number of hydroxylamine groups is 1. The number of nitrogens with one attached hydrogen (secondary N) is 1. The molecule has 0 bridgehead atoms. The molecule has 0 aliphatic carbocycles. The summed E-state index contributed by atoms with van der Waals surface area (Å²) in [6, 6.07) is 8.03. The fourth-order valence-corrected chi connectivity index (χ4v) is 3.45. The van der Waals surface area contributed by atoms with Gasteiger partial charge in [-0.25, -0.2) is 10.3 Å². The lowest BCUT2D eigenvalue weighted by molar-refractivity contribution is -0.129. The molecule has 1 aliphatic heterocycles. The number of hydrogen-bond donors (Lipinski definition) is 3. The van der Waals surface area contributed by atoms with E-state index < -0.39 is 12.0 Å². The van der Waals surface area contributed by atoms with Crippen LogP contribution in [0, 0.1) is 0 Å². The van der Waals surface area contributed by atoms with Crippen molar-refractivity contribution >= 4 is 12.0 Å². The summed E-state index contributed by atoms with van der Waals surface area (Å²) in [5, 5.41) is 18.7. The van der Waals surface area contributed by atoms with Gasteiger partial charge in [0, 0.05) is 19.5 Å². The summed E-state index contributed by atoms with van der Waals surface area (Å²) in [6.45, 7) is 3.62. The molecule has 1 aromatic carbocycles. The summed E-state index contributed by atoms with van der Waals surface area (Å²) in [6.07, 6.45) is 3.21. The number of unbranched alkanes of at least 4 members (excludes halogenated alkanes) is 1. The van der Waals surface area contributed by atoms with Gasteiger partial charge in [0.2, 0.25) is 5.91 Å². The van der Waals surface area contributed by atoms with Gasteiger partial charge in [-0.15, -0.1) is 0 Å². The second kappa shape index (κ2) is 10.9. The van der Waals surface area contributed by atoms with Gasteiger partial charge in [0.05, 0.1) is 12.7 Å². The average molecular weight is 378 g/mol. The van der Waals surface area contributed by atoms with Crippen molar-refractivity contribution < 1.29 is 24.6 Å². The summed E-state index contributed by atoms with van der Waals surface area (Å²) in [4.78, 5) is 24.5. The topological polar surface area (TPSA) is 99.1 Å². The van der Waals surface area contributed by atoms with Gasteiger partial charge in [0.25, 0.3) is 0 Å². The third-order valence-corrected chi connectivity index (χ3v) is 5.07. The molecule has 1 unspecified atom stereocenters. The van der Waals surface area contributed by atoms with E-state index in [0.29, 0.717) is 44.9 Å². The SMILES string of the molecule is CCOC(=O)N1CCC(c2ccc(C(O)CCCCC(=O)NO)cc2)CC1. The molecule has 27 heavy (non-hydrogen) atoms. The fraction of sp³-hybridized carbons (Fsp3) is 0.600. The Bertz CT molecular complexity index is 597. The lowest BCUT2D eigenvalue weighted by Gasteiger charge is -2.31. The van der Waals surface area contributed by atoms with Crippen LogP contribution < -0.4 is 5.48 Å². The van der Waals surface area contributed by atoms with Crippen molar-refractivity contribution in [1.82, 2.24) is 10.4 Å². The monoisotopic (exact) mass is 378 g/mol. The number of ether oxygens (including phenoxy) is 1. The first-order chi connectivity index (χ1) is 13.0. The van der Waals surface area contributed by atoms with E-state index in [4.69, 9.17) is 9.94 Å². The van der Waals surface area contributed by atoms with Crippen LogP contribution in [0.4, 0.5) is 4.79 Å². The van der Waals surface area contributed by atoms with Crippen molar-refractivity contribution in [2.45, 2.75) is 57.5 Å². The van der Waals surface area contributed by atoms with E-state index in [9.17, 15) is 14.7 Å². The first kappa shape index (κ1) is 21.2. The largest absolute Gasteiger partial charge is 0.450 e. The summed E-state index contributed by atoms with van der Waals surface area (Å²) >= 11 is 0. The van der Waals surface area contributed by atoms with Crippen LogP contribution >= 0.6 is 0 Å². The molecule has 1 aliphatic rings. The summed E-state index contributed by atoms with van der Waals surface area (Å²) in [5.41, 5.74) is 3.71. The molecular weight excluding hydrogens is 348 g/mol. The first-order valence-corrected chi connectivity index (χ1v) is 9.67. The second-order valence-corrected chi connectivity index (χ2v) is 6.92. The van der Waals surface area contributed by atoms with Gasteiger partial charge >= 0.3 is 6.09 Å². The van der Waals surface area contributed by atoms with Crippen molar-refractivity contribution in [1.29, 1.82) is 0 Å². The maximum Gasteiger partial charge on any atom is 0.409 e. The number of rotatable bonds is 8. The van der Waals surface area contributed by atoms with Crippen LogP contribution in [-0.4, -0.2) is 46.9 Å². The molecule has 0 radical (unpaired) electrons. The molecule has 3 N–H and O–H groups in total. The fourth-order valence-electron chi connectivity index (χ4n) is 3.45. The Balaban J connectivity index is 1.78.